The fraction of sp³-hybridized carbons (Fsp3) is 1.00. The topological polar surface area (TPSA) is 18.5 Å². The molecule has 1 heterocycles. The molecule has 1 aliphatic carbocycles. The summed E-state index contributed by atoms with van der Waals surface area (Å²) >= 11 is 0. The summed E-state index contributed by atoms with van der Waals surface area (Å²) in [5.41, 5.74) is 0. The molecule has 63 valence electrons. The van der Waals surface area contributed by atoms with Crippen LogP contribution in [0.1, 0.15) is 39.5 Å². The standard InChI is InChI=1S/C6H10BO2.C2H6/c1-2-4-6-5(3-1)8-7-9-6;1-2/h5-6H,1-4H2;1-2H3/t5-,6+;. The second kappa shape index (κ2) is 4.78. The average Bonchev–Trinajstić information content (AvgIpc) is 2.55. The first-order valence-electron chi connectivity index (χ1n) is 4.59. The number of fused-ring (bicyclic) bond motifs is 1. The SMILES string of the molecule is CC.[B]1O[C@H]2CCCC[C@H]2O1. The summed E-state index contributed by atoms with van der Waals surface area (Å²) < 4.78 is 10.4. The highest BCUT2D eigenvalue weighted by Crippen LogP contribution is 2.26. The predicted molar refractivity (Wildman–Crippen MR) is 45.3 cm³/mol. The van der Waals surface area contributed by atoms with E-state index in [-0.39, 0.29) is 0 Å². The van der Waals surface area contributed by atoms with Crippen LogP contribution in [0.15, 0.2) is 0 Å². The molecule has 1 radical (unpaired) electrons. The molecule has 2 rings (SSSR count). The van der Waals surface area contributed by atoms with Crippen molar-refractivity contribution >= 4 is 7.69 Å². The van der Waals surface area contributed by atoms with Crippen molar-refractivity contribution in [2.45, 2.75) is 51.7 Å². The zero-order chi connectivity index (χ0) is 8.10. The maximum Gasteiger partial charge on any atom is 0.488 e. The second-order valence-corrected chi connectivity index (χ2v) is 2.73. The quantitative estimate of drug-likeness (QED) is 0.497. The third-order valence-corrected chi connectivity index (χ3v) is 2.10. The van der Waals surface area contributed by atoms with Crippen molar-refractivity contribution in [2.75, 3.05) is 0 Å². The average molecular weight is 155 g/mol. The minimum absolute atomic E-state index is 0.388. The van der Waals surface area contributed by atoms with Crippen LogP contribution < -0.4 is 0 Å². The molecule has 3 heteroatoms. The van der Waals surface area contributed by atoms with E-state index < -0.39 is 0 Å². The molecule has 1 saturated carbocycles. The van der Waals surface area contributed by atoms with Crippen molar-refractivity contribution in [3.05, 3.63) is 0 Å². The van der Waals surface area contributed by atoms with Gasteiger partial charge in [-0.25, -0.2) is 0 Å². The van der Waals surface area contributed by atoms with Crippen molar-refractivity contribution < 1.29 is 9.31 Å². The third kappa shape index (κ3) is 2.21. The first-order chi connectivity index (χ1) is 5.47. The van der Waals surface area contributed by atoms with Crippen molar-refractivity contribution in [1.82, 2.24) is 0 Å². The van der Waals surface area contributed by atoms with Gasteiger partial charge in [-0.2, -0.15) is 0 Å². The van der Waals surface area contributed by atoms with Crippen LogP contribution in [0, 0.1) is 0 Å². The molecule has 0 unspecified atom stereocenters. The molecule has 2 nitrogen and oxygen atoms in total. The molecule has 0 spiro atoms. The van der Waals surface area contributed by atoms with E-state index in [1.165, 1.54) is 33.4 Å². The van der Waals surface area contributed by atoms with Gasteiger partial charge in [0.25, 0.3) is 0 Å². The lowest BCUT2D eigenvalue weighted by atomic mass is 9.95. The fourth-order valence-electron chi connectivity index (χ4n) is 1.55. The maximum atomic E-state index is 5.21. The Bertz CT molecular complexity index is 96.3. The molecule has 2 aliphatic rings. The summed E-state index contributed by atoms with van der Waals surface area (Å²) in [4.78, 5) is 0. The summed E-state index contributed by atoms with van der Waals surface area (Å²) in [7, 11) is 1.50. The lowest BCUT2D eigenvalue weighted by Gasteiger charge is -2.22. The summed E-state index contributed by atoms with van der Waals surface area (Å²) in [6.07, 6.45) is 5.75. The maximum absolute atomic E-state index is 5.21. The van der Waals surface area contributed by atoms with E-state index in [9.17, 15) is 0 Å². The Morgan fingerprint density at radius 2 is 1.45 bits per heavy atom. The summed E-state index contributed by atoms with van der Waals surface area (Å²) in [6, 6.07) is 0. The minimum atomic E-state index is 0.388. The Morgan fingerprint density at radius 1 is 1.00 bits per heavy atom. The van der Waals surface area contributed by atoms with Gasteiger partial charge in [0.05, 0.1) is 12.2 Å². The van der Waals surface area contributed by atoms with Gasteiger partial charge in [0.15, 0.2) is 0 Å². The van der Waals surface area contributed by atoms with Gasteiger partial charge in [0, 0.05) is 0 Å². The van der Waals surface area contributed by atoms with Gasteiger partial charge >= 0.3 is 7.69 Å². The molecule has 2 fully saturated rings. The van der Waals surface area contributed by atoms with Gasteiger partial charge in [-0.05, 0) is 12.8 Å². The van der Waals surface area contributed by atoms with Crippen LogP contribution in [-0.4, -0.2) is 19.9 Å². The molecule has 0 N–H and O–H groups in total. The van der Waals surface area contributed by atoms with Gasteiger partial charge in [0.1, 0.15) is 0 Å². The smallest absolute Gasteiger partial charge is 0.408 e. The van der Waals surface area contributed by atoms with Crippen molar-refractivity contribution in [2.24, 2.45) is 0 Å². The van der Waals surface area contributed by atoms with Gasteiger partial charge in [0.2, 0.25) is 0 Å². The van der Waals surface area contributed by atoms with Crippen LogP contribution in [0.25, 0.3) is 0 Å². The number of hydrogen-bond acceptors (Lipinski definition) is 2. The van der Waals surface area contributed by atoms with E-state index in [2.05, 4.69) is 0 Å². The Labute approximate surface area is 69.6 Å². The highest BCUT2D eigenvalue weighted by Gasteiger charge is 2.31. The zero-order valence-corrected chi connectivity index (χ0v) is 7.38. The van der Waals surface area contributed by atoms with Crippen LogP contribution >= 0.6 is 0 Å². The van der Waals surface area contributed by atoms with Gasteiger partial charge in [-0.1, -0.05) is 26.7 Å². The molecule has 11 heavy (non-hydrogen) atoms. The zero-order valence-electron chi connectivity index (χ0n) is 7.38. The minimum Gasteiger partial charge on any atom is -0.408 e. The summed E-state index contributed by atoms with van der Waals surface area (Å²) in [5, 5.41) is 0. The van der Waals surface area contributed by atoms with E-state index in [4.69, 9.17) is 9.31 Å². The Hall–Kier alpha value is -0.0151. The van der Waals surface area contributed by atoms with Crippen LogP contribution in [0.2, 0.25) is 0 Å². The lowest BCUT2D eigenvalue weighted by molar-refractivity contribution is 0.110. The van der Waals surface area contributed by atoms with Crippen molar-refractivity contribution in [3.63, 3.8) is 0 Å². The van der Waals surface area contributed by atoms with E-state index in [0.717, 1.165) is 0 Å². The Morgan fingerprint density at radius 3 is 1.91 bits per heavy atom. The molecular weight excluding hydrogens is 139 g/mol. The predicted octanol–water partition coefficient (Wildman–Crippen LogP) is 1.90. The third-order valence-electron chi connectivity index (χ3n) is 2.10. The van der Waals surface area contributed by atoms with Crippen molar-refractivity contribution in [1.29, 1.82) is 0 Å². The molecule has 2 atom stereocenters. The van der Waals surface area contributed by atoms with E-state index in [1.54, 1.807) is 0 Å². The highest BCUT2D eigenvalue weighted by molar-refractivity contribution is 6.19. The summed E-state index contributed by atoms with van der Waals surface area (Å²) in [5.74, 6) is 0. The molecule has 0 bridgehead atoms. The van der Waals surface area contributed by atoms with Crippen LogP contribution in [0.5, 0.6) is 0 Å². The normalized spacial score (nSPS) is 34.7. The first-order valence-corrected chi connectivity index (χ1v) is 4.59. The Balaban J connectivity index is 0.000000281. The van der Waals surface area contributed by atoms with E-state index in [1.807, 2.05) is 13.8 Å². The summed E-state index contributed by atoms with van der Waals surface area (Å²) in [6.45, 7) is 4.00. The monoisotopic (exact) mass is 155 g/mol. The number of hydrogen-bond donors (Lipinski definition) is 0. The highest BCUT2D eigenvalue weighted by atomic mass is 16.6. The Kier molecular flexibility index (Phi) is 3.94. The van der Waals surface area contributed by atoms with Crippen LogP contribution in [0.4, 0.5) is 0 Å². The second-order valence-electron chi connectivity index (χ2n) is 2.73. The fourth-order valence-corrected chi connectivity index (χ4v) is 1.55. The molecule has 0 aromatic rings. The first kappa shape index (κ1) is 9.08. The molecule has 0 aromatic carbocycles. The van der Waals surface area contributed by atoms with E-state index >= 15 is 0 Å². The molecule has 1 aliphatic heterocycles. The molecule has 1 saturated heterocycles. The van der Waals surface area contributed by atoms with Crippen molar-refractivity contribution in [3.8, 4) is 0 Å². The van der Waals surface area contributed by atoms with Gasteiger partial charge in [-0.3, -0.25) is 0 Å². The van der Waals surface area contributed by atoms with Crippen LogP contribution in [0.3, 0.4) is 0 Å². The molecule has 0 amide bonds. The van der Waals surface area contributed by atoms with Gasteiger partial charge in [-0.15, -0.1) is 0 Å². The number of rotatable bonds is 0. The van der Waals surface area contributed by atoms with Crippen LogP contribution in [-0.2, 0) is 9.31 Å². The largest absolute Gasteiger partial charge is 0.488 e. The molecule has 0 aromatic heterocycles. The van der Waals surface area contributed by atoms with E-state index in [0.29, 0.717) is 12.2 Å². The lowest BCUT2D eigenvalue weighted by Crippen LogP contribution is -2.25. The molecular formula is C8H16BO2. The van der Waals surface area contributed by atoms with Gasteiger partial charge < -0.3 is 9.31 Å².